The molecule has 0 fully saturated rings. The summed E-state index contributed by atoms with van der Waals surface area (Å²) in [6.45, 7) is 0. The van der Waals surface area contributed by atoms with Crippen LogP contribution < -0.4 is 5.56 Å². The number of H-pyrrole nitrogens is 1. The summed E-state index contributed by atoms with van der Waals surface area (Å²) in [6.07, 6.45) is 1.61. The van der Waals surface area contributed by atoms with Crippen molar-refractivity contribution in [2.24, 2.45) is 0 Å². The summed E-state index contributed by atoms with van der Waals surface area (Å²) in [5, 5.41) is 1.81. The molecule has 5 heteroatoms. The number of rotatable bonds is 1. The molecule has 0 unspecified atom stereocenters. The third-order valence-electron chi connectivity index (χ3n) is 3.03. The number of nitrogens with one attached hydrogen (secondary N) is 1. The van der Waals surface area contributed by atoms with E-state index in [4.69, 9.17) is 4.74 Å². The van der Waals surface area contributed by atoms with Gasteiger partial charge in [0.1, 0.15) is 5.65 Å². The number of carbonyl (C=O) groups excluding carboxylic acids is 1. The summed E-state index contributed by atoms with van der Waals surface area (Å²) in [6, 6.07) is 8.72. The number of fused-ring (bicyclic) bond motifs is 3. The minimum atomic E-state index is -0.528. The Morgan fingerprint density at radius 2 is 2.00 bits per heavy atom. The Labute approximate surface area is 107 Å². The third-order valence-corrected chi connectivity index (χ3v) is 3.03. The van der Waals surface area contributed by atoms with Gasteiger partial charge in [-0.1, -0.05) is 12.1 Å². The normalized spacial score (nSPS) is 10.8. The van der Waals surface area contributed by atoms with Crippen molar-refractivity contribution in [3.63, 3.8) is 0 Å². The number of aromatic amines is 1. The predicted octanol–water partition coefficient (Wildman–Crippen LogP) is 1.86. The van der Waals surface area contributed by atoms with Crippen molar-refractivity contribution in [1.29, 1.82) is 0 Å². The molecule has 3 aromatic rings. The standard InChI is InChI=1S/C14H10N2O3/c1-19-14(18)10-5-2-4-8-9-6-3-7-15-12(9)16-13(17)11(8)10/h2-7H,1H3,(H,15,16,17). The van der Waals surface area contributed by atoms with Crippen molar-refractivity contribution in [2.75, 3.05) is 7.11 Å². The summed E-state index contributed by atoms with van der Waals surface area (Å²) >= 11 is 0. The second-order valence-electron chi connectivity index (χ2n) is 4.07. The van der Waals surface area contributed by atoms with Crippen LogP contribution in [0, 0.1) is 0 Å². The molecule has 0 radical (unpaired) electrons. The summed E-state index contributed by atoms with van der Waals surface area (Å²) < 4.78 is 4.70. The number of hydrogen-bond acceptors (Lipinski definition) is 4. The second kappa shape index (κ2) is 4.20. The van der Waals surface area contributed by atoms with Crippen molar-refractivity contribution in [3.8, 4) is 0 Å². The predicted molar refractivity (Wildman–Crippen MR) is 71.2 cm³/mol. The van der Waals surface area contributed by atoms with Gasteiger partial charge < -0.3 is 9.72 Å². The molecule has 2 heterocycles. The van der Waals surface area contributed by atoms with E-state index < -0.39 is 5.97 Å². The van der Waals surface area contributed by atoms with Gasteiger partial charge in [0.2, 0.25) is 0 Å². The van der Waals surface area contributed by atoms with Gasteiger partial charge in [0, 0.05) is 11.6 Å². The molecule has 0 aliphatic carbocycles. The number of aromatic nitrogens is 2. The monoisotopic (exact) mass is 254 g/mol. The molecule has 0 aliphatic heterocycles. The molecule has 0 bridgehead atoms. The van der Waals surface area contributed by atoms with Crippen molar-refractivity contribution in [3.05, 3.63) is 52.4 Å². The molecule has 0 spiro atoms. The van der Waals surface area contributed by atoms with Crippen LogP contribution in [0.1, 0.15) is 10.4 Å². The summed E-state index contributed by atoms with van der Waals surface area (Å²) in [5.41, 5.74) is 0.413. The Balaban J connectivity index is 2.55. The molecule has 0 aliphatic rings. The van der Waals surface area contributed by atoms with Crippen LogP contribution in [0.5, 0.6) is 0 Å². The zero-order valence-electron chi connectivity index (χ0n) is 10.1. The summed E-state index contributed by atoms with van der Waals surface area (Å²) in [7, 11) is 1.29. The van der Waals surface area contributed by atoms with Crippen LogP contribution in [0.3, 0.4) is 0 Å². The van der Waals surface area contributed by atoms with Crippen molar-refractivity contribution < 1.29 is 9.53 Å². The first-order valence-electron chi connectivity index (χ1n) is 5.70. The van der Waals surface area contributed by atoms with Gasteiger partial charge in [-0.25, -0.2) is 9.78 Å². The highest BCUT2D eigenvalue weighted by Gasteiger charge is 2.15. The minimum absolute atomic E-state index is 0.256. The van der Waals surface area contributed by atoms with Crippen LogP contribution in [0.4, 0.5) is 0 Å². The number of nitrogens with zero attached hydrogens (tertiary/aromatic N) is 1. The Kier molecular flexibility index (Phi) is 2.52. The minimum Gasteiger partial charge on any atom is -0.465 e. The number of hydrogen-bond donors (Lipinski definition) is 1. The lowest BCUT2D eigenvalue weighted by Crippen LogP contribution is -2.13. The highest BCUT2D eigenvalue weighted by Crippen LogP contribution is 2.22. The first-order chi connectivity index (χ1) is 9.22. The van der Waals surface area contributed by atoms with E-state index in [-0.39, 0.29) is 11.1 Å². The van der Waals surface area contributed by atoms with E-state index in [2.05, 4.69) is 9.97 Å². The van der Waals surface area contributed by atoms with E-state index in [1.54, 1.807) is 30.5 Å². The Morgan fingerprint density at radius 1 is 1.21 bits per heavy atom. The molecule has 5 nitrogen and oxygen atoms in total. The first-order valence-corrected chi connectivity index (χ1v) is 5.70. The van der Waals surface area contributed by atoms with E-state index in [1.165, 1.54) is 7.11 Å². The van der Waals surface area contributed by atoms with Crippen molar-refractivity contribution >= 4 is 27.8 Å². The van der Waals surface area contributed by atoms with Gasteiger partial charge in [-0.05, 0) is 23.6 Å². The molecule has 1 N–H and O–H groups in total. The van der Waals surface area contributed by atoms with Crippen LogP contribution in [0.2, 0.25) is 0 Å². The lowest BCUT2D eigenvalue weighted by molar-refractivity contribution is 0.0603. The molecule has 2 aromatic heterocycles. The Hall–Kier alpha value is -2.69. The van der Waals surface area contributed by atoms with Crippen LogP contribution in [-0.2, 0) is 4.74 Å². The quantitative estimate of drug-likeness (QED) is 0.531. The summed E-state index contributed by atoms with van der Waals surface area (Å²) in [4.78, 5) is 30.6. The van der Waals surface area contributed by atoms with Gasteiger partial charge >= 0.3 is 5.97 Å². The van der Waals surface area contributed by atoms with Crippen molar-refractivity contribution in [1.82, 2.24) is 9.97 Å². The molecule has 3 rings (SSSR count). The Morgan fingerprint density at radius 3 is 2.79 bits per heavy atom. The van der Waals surface area contributed by atoms with Gasteiger partial charge in [-0.2, -0.15) is 0 Å². The van der Waals surface area contributed by atoms with Gasteiger partial charge in [-0.3, -0.25) is 4.79 Å². The lowest BCUT2D eigenvalue weighted by atomic mass is 10.0. The average molecular weight is 254 g/mol. The van der Waals surface area contributed by atoms with Gasteiger partial charge in [0.05, 0.1) is 18.1 Å². The number of carbonyl (C=O) groups is 1. The third kappa shape index (κ3) is 1.67. The fourth-order valence-electron chi connectivity index (χ4n) is 2.19. The first kappa shape index (κ1) is 11.4. The molecular weight excluding hydrogens is 244 g/mol. The largest absolute Gasteiger partial charge is 0.465 e. The van der Waals surface area contributed by atoms with E-state index in [0.29, 0.717) is 16.4 Å². The van der Waals surface area contributed by atoms with Gasteiger partial charge in [0.15, 0.2) is 0 Å². The molecule has 1 aromatic carbocycles. The topological polar surface area (TPSA) is 72.1 Å². The van der Waals surface area contributed by atoms with E-state index in [0.717, 1.165) is 5.39 Å². The van der Waals surface area contributed by atoms with E-state index >= 15 is 0 Å². The van der Waals surface area contributed by atoms with Crippen LogP contribution in [0.25, 0.3) is 21.8 Å². The molecule has 19 heavy (non-hydrogen) atoms. The highest BCUT2D eigenvalue weighted by molar-refractivity contribution is 6.11. The highest BCUT2D eigenvalue weighted by atomic mass is 16.5. The van der Waals surface area contributed by atoms with E-state index in [1.807, 2.05) is 6.07 Å². The molecular formula is C14H10N2O3. The fraction of sp³-hybridized carbons (Fsp3) is 0.0714. The number of ether oxygens (including phenoxy) is 1. The number of benzene rings is 1. The molecule has 0 amide bonds. The average Bonchev–Trinajstić information content (AvgIpc) is 2.46. The van der Waals surface area contributed by atoms with Gasteiger partial charge in [-0.15, -0.1) is 0 Å². The molecule has 94 valence electrons. The molecule has 0 saturated carbocycles. The van der Waals surface area contributed by atoms with Crippen LogP contribution in [0.15, 0.2) is 41.3 Å². The van der Waals surface area contributed by atoms with E-state index in [9.17, 15) is 9.59 Å². The number of esters is 1. The fourth-order valence-corrected chi connectivity index (χ4v) is 2.19. The second-order valence-corrected chi connectivity index (χ2v) is 4.07. The summed E-state index contributed by atoms with van der Waals surface area (Å²) in [5.74, 6) is -0.528. The smallest absolute Gasteiger partial charge is 0.338 e. The molecule has 0 atom stereocenters. The Bertz CT molecular complexity index is 852. The maximum absolute atomic E-state index is 12.1. The van der Waals surface area contributed by atoms with Crippen LogP contribution in [-0.4, -0.2) is 23.0 Å². The number of methoxy groups -OCH3 is 1. The van der Waals surface area contributed by atoms with Gasteiger partial charge in [0.25, 0.3) is 5.56 Å². The maximum Gasteiger partial charge on any atom is 0.338 e. The zero-order chi connectivity index (χ0) is 13.4. The van der Waals surface area contributed by atoms with Crippen molar-refractivity contribution in [2.45, 2.75) is 0 Å². The number of pyridine rings is 2. The molecule has 0 saturated heterocycles. The maximum atomic E-state index is 12.1. The lowest BCUT2D eigenvalue weighted by Gasteiger charge is -2.06. The zero-order valence-corrected chi connectivity index (χ0v) is 10.1. The van der Waals surface area contributed by atoms with Crippen LogP contribution >= 0.6 is 0 Å². The SMILES string of the molecule is COC(=O)c1cccc2c1c(=O)[nH]c1ncccc12.